The zero-order valence-electron chi connectivity index (χ0n) is 10.7. The third-order valence-electron chi connectivity index (χ3n) is 2.56. The standard InChI is InChI=1S/C14H14IN3O/c1-18(2)13-12(4-3-9-16-13)17-14(19)10-5-7-11(15)8-6-10/h3-9H,1-2H3,(H,17,19). The summed E-state index contributed by atoms with van der Waals surface area (Å²) < 4.78 is 1.10. The average Bonchev–Trinajstić information content (AvgIpc) is 2.39. The van der Waals surface area contributed by atoms with Crippen molar-refractivity contribution in [3.63, 3.8) is 0 Å². The molecule has 1 heterocycles. The van der Waals surface area contributed by atoms with Gasteiger partial charge in [0.05, 0.1) is 5.69 Å². The summed E-state index contributed by atoms with van der Waals surface area (Å²) in [5, 5.41) is 2.88. The fourth-order valence-electron chi connectivity index (χ4n) is 1.65. The predicted molar refractivity (Wildman–Crippen MR) is 85.7 cm³/mol. The monoisotopic (exact) mass is 367 g/mol. The zero-order chi connectivity index (χ0) is 13.8. The van der Waals surface area contributed by atoms with Crippen LogP contribution in [-0.2, 0) is 0 Å². The first kappa shape index (κ1) is 13.8. The van der Waals surface area contributed by atoms with Gasteiger partial charge in [-0.15, -0.1) is 0 Å². The molecule has 0 aliphatic carbocycles. The normalized spacial score (nSPS) is 10.1. The van der Waals surface area contributed by atoms with E-state index in [4.69, 9.17) is 0 Å². The molecule has 0 radical (unpaired) electrons. The highest BCUT2D eigenvalue weighted by atomic mass is 127. The summed E-state index contributed by atoms with van der Waals surface area (Å²) in [5.41, 5.74) is 1.34. The molecule has 0 spiro atoms. The van der Waals surface area contributed by atoms with Crippen LogP contribution < -0.4 is 10.2 Å². The number of anilines is 2. The number of nitrogens with one attached hydrogen (secondary N) is 1. The Morgan fingerprint density at radius 1 is 1.21 bits per heavy atom. The summed E-state index contributed by atoms with van der Waals surface area (Å²) in [6.07, 6.45) is 1.70. The Bertz CT molecular complexity index is 581. The summed E-state index contributed by atoms with van der Waals surface area (Å²) in [6.45, 7) is 0. The van der Waals surface area contributed by atoms with Crippen LogP contribution >= 0.6 is 22.6 Å². The highest BCUT2D eigenvalue weighted by Crippen LogP contribution is 2.21. The average molecular weight is 367 g/mol. The molecule has 2 aromatic rings. The van der Waals surface area contributed by atoms with Crippen LogP contribution in [0.15, 0.2) is 42.6 Å². The molecule has 19 heavy (non-hydrogen) atoms. The molecule has 0 fully saturated rings. The van der Waals surface area contributed by atoms with Crippen molar-refractivity contribution in [2.45, 2.75) is 0 Å². The highest BCUT2D eigenvalue weighted by molar-refractivity contribution is 14.1. The van der Waals surface area contributed by atoms with Gasteiger partial charge in [-0.3, -0.25) is 4.79 Å². The van der Waals surface area contributed by atoms with E-state index in [9.17, 15) is 4.79 Å². The minimum atomic E-state index is -0.132. The number of nitrogens with zero attached hydrogens (tertiary/aromatic N) is 2. The van der Waals surface area contributed by atoms with Crippen molar-refractivity contribution in [1.82, 2.24) is 4.98 Å². The van der Waals surface area contributed by atoms with Crippen LogP contribution in [-0.4, -0.2) is 25.0 Å². The van der Waals surface area contributed by atoms with Crippen LogP contribution in [0.5, 0.6) is 0 Å². The first-order valence-electron chi connectivity index (χ1n) is 5.77. The van der Waals surface area contributed by atoms with Gasteiger partial charge in [-0.05, 0) is 59.0 Å². The lowest BCUT2D eigenvalue weighted by Gasteiger charge is -2.16. The van der Waals surface area contributed by atoms with Crippen LogP contribution in [0.3, 0.4) is 0 Å². The van der Waals surface area contributed by atoms with Crippen molar-refractivity contribution in [2.75, 3.05) is 24.3 Å². The van der Waals surface area contributed by atoms with E-state index >= 15 is 0 Å². The van der Waals surface area contributed by atoms with E-state index in [0.717, 1.165) is 9.39 Å². The smallest absolute Gasteiger partial charge is 0.255 e. The van der Waals surface area contributed by atoms with Gasteiger partial charge >= 0.3 is 0 Å². The summed E-state index contributed by atoms with van der Waals surface area (Å²) in [6, 6.07) is 11.1. The van der Waals surface area contributed by atoms with Gasteiger partial charge < -0.3 is 10.2 Å². The van der Waals surface area contributed by atoms with Gasteiger partial charge in [-0.25, -0.2) is 4.98 Å². The number of hydrogen-bond acceptors (Lipinski definition) is 3. The summed E-state index contributed by atoms with van der Waals surface area (Å²) in [5.74, 6) is 0.605. The number of rotatable bonds is 3. The fourth-order valence-corrected chi connectivity index (χ4v) is 2.01. The maximum Gasteiger partial charge on any atom is 0.255 e. The number of halogens is 1. The highest BCUT2D eigenvalue weighted by Gasteiger charge is 2.10. The maximum absolute atomic E-state index is 12.1. The molecular formula is C14H14IN3O. The van der Waals surface area contributed by atoms with Crippen molar-refractivity contribution in [3.8, 4) is 0 Å². The molecular weight excluding hydrogens is 353 g/mol. The fraction of sp³-hybridized carbons (Fsp3) is 0.143. The van der Waals surface area contributed by atoms with E-state index in [2.05, 4.69) is 32.9 Å². The van der Waals surface area contributed by atoms with Crippen LogP contribution in [0.4, 0.5) is 11.5 Å². The second-order valence-electron chi connectivity index (χ2n) is 4.23. The molecule has 5 heteroatoms. The van der Waals surface area contributed by atoms with Crippen molar-refractivity contribution >= 4 is 40.0 Å². The van der Waals surface area contributed by atoms with Crippen LogP contribution in [0.1, 0.15) is 10.4 Å². The second-order valence-corrected chi connectivity index (χ2v) is 5.48. The summed E-state index contributed by atoms with van der Waals surface area (Å²) in [7, 11) is 3.78. The predicted octanol–water partition coefficient (Wildman–Crippen LogP) is 3.00. The van der Waals surface area contributed by atoms with Crippen molar-refractivity contribution < 1.29 is 4.79 Å². The molecule has 0 aliphatic rings. The van der Waals surface area contributed by atoms with E-state index < -0.39 is 0 Å². The number of carbonyl (C=O) groups is 1. The zero-order valence-corrected chi connectivity index (χ0v) is 12.9. The largest absolute Gasteiger partial charge is 0.361 e. The van der Waals surface area contributed by atoms with Crippen LogP contribution in [0.25, 0.3) is 0 Å². The van der Waals surface area contributed by atoms with Crippen LogP contribution in [0, 0.1) is 3.57 Å². The topological polar surface area (TPSA) is 45.2 Å². The van der Waals surface area contributed by atoms with E-state index in [1.807, 2.05) is 49.3 Å². The molecule has 0 saturated carbocycles. The SMILES string of the molecule is CN(C)c1ncccc1NC(=O)c1ccc(I)cc1. The lowest BCUT2D eigenvalue weighted by atomic mass is 10.2. The molecule has 0 saturated heterocycles. The van der Waals surface area contributed by atoms with Crippen molar-refractivity contribution in [3.05, 3.63) is 51.7 Å². The minimum Gasteiger partial charge on any atom is -0.361 e. The van der Waals surface area contributed by atoms with Gasteiger partial charge in [0, 0.05) is 29.4 Å². The van der Waals surface area contributed by atoms with Gasteiger partial charge in [0.2, 0.25) is 0 Å². The Morgan fingerprint density at radius 3 is 2.53 bits per heavy atom. The Kier molecular flexibility index (Phi) is 4.36. The Hall–Kier alpha value is -1.63. The van der Waals surface area contributed by atoms with E-state index in [-0.39, 0.29) is 5.91 Å². The molecule has 0 atom stereocenters. The molecule has 1 aromatic heterocycles. The number of carbonyl (C=O) groups excluding carboxylic acids is 1. The lowest BCUT2D eigenvalue weighted by Crippen LogP contribution is -2.17. The Labute approximate surface area is 126 Å². The second kappa shape index (κ2) is 6.01. The van der Waals surface area contributed by atoms with Gasteiger partial charge in [0.15, 0.2) is 5.82 Å². The quantitative estimate of drug-likeness (QED) is 0.849. The number of amides is 1. The van der Waals surface area contributed by atoms with E-state index in [1.54, 1.807) is 12.3 Å². The van der Waals surface area contributed by atoms with Crippen LogP contribution in [0.2, 0.25) is 0 Å². The molecule has 98 valence electrons. The third kappa shape index (κ3) is 3.44. The summed E-state index contributed by atoms with van der Waals surface area (Å²) in [4.78, 5) is 18.3. The molecule has 0 bridgehead atoms. The van der Waals surface area contributed by atoms with Crippen molar-refractivity contribution in [2.24, 2.45) is 0 Å². The Morgan fingerprint density at radius 2 is 1.89 bits per heavy atom. The Balaban J connectivity index is 2.22. The van der Waals surface area contributed by atoms with Gasteiger partial charge in [0.25, 0.3) is 5.91 Å². The molecule has 0 unspecified atom stereocenters. The van der Waals surface area contributed by atoms with Gasteiger partial charge in [-0.2, -0.15) is 0 Å². The first-order valence-corrected chi connectivity index (χ1v) is 6.85. The molecule has 1 aromatic carbocycles. The molecule has 2 rings (SSSR count). The molecule has 0 aliphatic heterocycles. The molecule has 1 amide bonds. The third-order valence-corrected chi connectivity index (χ3v) is 3.28. The van der Waals surface area contributed by atoms with Gasteiger partial charge in [0.1, 0.15) is 0 Å². The molecule has 1 N–H and O–H groups in total. The number of pyridine rings is 1. The molecule has 4 nitrogen and oxygen atoms in total. The summed E-state index contributed by atoms with van der Waals surface area (Å²) >= 11 is 2.21. The number of hydrogen-bond donors (Lipinski definition) is 1. The maximum atomic E-state index is 12.1. The lowest BCUT2D eigenvalue weighted by molar-refractivity contribution is 0.102. The van der Waals surface area contributed by atoms with E-state index in [0.29, 0.717) is 11.3 Å². The minimum absolute atomic E-state index is 0.132. The number of aromatic nitrogens is 1. The van der Waals surface area contributed by atoms with Gasteiger partial charge in [-0.1, -0.05) is 0 Å². The van der Waals surface area contributed by atoms with Crippen molar-refractivity contribution in [1.29, 1.82) is 0 Å². The first-order chi connectivity index (χ1) is 9.08. The van der Waals surface area contributed by atoms with E-state index in [1.165, 1.54) is 0 Å². The number of benzene rings is 1.